The van der Waals surface area contributed by atoms with E-state index in [1.807, 2.05) is 24.8 Å². The number of esters is 1. The van der Waals surface area contributed by atoms with Crippen molar-refractivity contribution in [3.63, 3.8) is 0 Å². The van der Waals surface area contributed by atoms with Crippen molar-refractivity contribution in [2.24, 2.45) is 5.92 Å². The smallest absolute Gasteiger partial charge is 0.328 e. The van der Waals surface area contributed by atoms with E-state index in [-0.39, 0.29) is 30.2 Å². The third kappa shape index (κ3) is 6.78. The van der Waals surface area contributed by atoms with Crippen molar-refractivity contribution in [1.29, 1.82) is 0 Å². The molecule has 13 heteroatoms. The van der Waals surface area contributed by atoms with Crippen molar-refractivity contribution >= 4 is 38.8 Å². The van der Waals surface area contributed by atoms with Crippen LogP contribution in [0.4, 0.5) is 0 Å². The van der Waals surface area contributed by atoms with Gasteiger partial charge in [-0.1, -0.05) is 17.7 Å². The van der Waals surface area contributed by atoms with Gasteiger partial charge in [0.1, 0.15) is 23.4 Å². The highest BCUT2D eigenvalue weighted by Crippen LogP contribution is 2.27. The minimum absolute atomic E-state index is 0.0546. The monoisotopic (exact) mass is 624 g/mol. The number of nitrogens with zero attached hydrogens (tertiary/aromatic N) is 5. The number of ether oxygens (including phenoxy) is 1. The van der Waals surface area contributed by atoms with Gasteiger partial charge in [0.05, 0.1) is 23.7 Å². The number of sulfonamides is 1. The number of piperidine rings is 1. The van der Waals surface area contributed by atoms with Crippen LogP contribution in [0, 0.1) is 19.8 Å². The Morgan fingerprint density at radius 2 is 1.77 bits per heavy atom. The lowest BCUT2D eigenvalue weighted by Crippen LogP contribution is -2.51. The number of likely N-dealkylation sites (tertiary alicyclic amines) is 1. The lowest BCUT2D eigenvalue weighted by Gasteiger charge is -2.33. The summed E-state index contributed by atoms with van der Waals surface area (Å²) < 4.78 is 34.9. The molecule has 0 radical (unpaired) electrons. The van der Waals surface area contributed by atoms with Crippen molar-refractivity contribution in [2.45, 2.75) is 75.9 Å². The molecule has 1 aromatic carbocycles. The fourth-order valence-electron chi connectivity index (χ4n) is 6.18. The summed E-state index contributed by atoms with van der Waals surface area (Å²) in [7, 11) is -2.68. The molecule has 44 heavy (non-hydrogen) atoms. The summed E-state index contributed by atoms with van der Waals surface area (Å²) in [6.45, 7) is 6.11. The summed E-state index contributed by atoms with van der Waals surface area (Å²) in [4.78, 5) is 49.7. The number of amides is 2. The van der Waals surface area contributed by atoms with Gasteiger partial charge in [-0.25, -0.2) is 18.2 Å². The van der Waals surface area contributed by atoms with Crippen molar-refractivity contribution in [3.8, 4) is 0 Å². The Morgan fingerprint density at radius 3 is 2.48 bits per heavy atom. The van der Waals surface area contributed by atoms with Gasteiger partial charge in [0, 0.05) is 38.8 Å². The number of carbonyl (C=O) groups excluding carboxylic acids is 3. The average Bonchev–Trinajstić information content (AvgIpc) is 3.65. The molecule has 5 rings (SSSR count). The normalized spacial score (nSPS) is 18.8. The number of carbonyl (C=O) groups is 3. The zero-order valence-corrected chi connectivity index (χ0v) is 26.3. The van der Waals surface area contributed by atoms with Gasteiger partial charge in [-0.3, -0.25) is 14.6 Å². The Labute approximate surface area is 257 Å². The predicted octanol–water partition coefficient (Wildman–Crippen LogP) is 2.58. The summed E-state index contributed by atoms with van der Waals surface area (Å²) >= 11 is 0. The Balaban J connectivity index is 1.15. The number of rotatable bonds is 10. The SMILES string of the molecule is COC(=O)[C@H](CCC(=O)N1CCC(Cn2c(C)nc3cnccc32)CC1)NC(=O)[C@@H]1CCCN1S(=O)(=O)c1ccc(C)cc1. The second kappa shape index (κ2) is 13.4. The summed E-state index contributed by atoms with van der Waals surface area (Å²) in [5, 5.41) is 2.68. The number of fused-ring (bicyclic) bond motifs is 1. The molecule has 1 N–H and O–H groups in total. The fraction of sp³-hybridized carbons (Fsp3) is 0.516. The van der Waals surface area contributed by atoms with E-state index in [0.717, 1.165) is 41.8 Å². The molecule has 2 aliphatic rings. The maximum atomic E-state index is 13.3. The second-order valence-corrected chi connectivity index (χ2v) is 13.6. The molecule has 2 amide bonds. The van der Waals surface area contributed by atoms with Gasteiger partial charge in [0.2, 0.25) is 21.8 Å². The topological polar surface area (TPSA) is 144 Å². The third-order valence-corrected chi connectivity index (χ3v) is 10.7. The first kappa shape index (κ1) is 31.6. The minimum Gasteiger partial charge on any atom is -0.467 e. The maximum absolute atomic E-state index is 13.3. The molecule has 4 heterocycles. The second-order valence-electron chi connectivity index (χ2n) is 11.7. The number of benzene rings is 1. The van der Waals surface area contributed by atoms with Crippen LogP contribution < -0.4 is 5.32 Å². The summed E-state index contributed by atoms with van der Waals surface area (Å²) in [5.74, 6) is 0.00657. The first-order chi connectivity index (χ1) is 21.1. The number of nitrogens with one attached hydrogen (secondary N) is 1. The number of imidazole rings is 1. The Morgan fingerprint density at radius 1 is 1.05 bits per heavy atom. The van der Waals surface area contributed by atoms with Crippen molar-refractivity contribution in [1.82, 2.24) is 29.1 Å². The highest BCUT2D eigenvalue weighted by atomic mass is 32.2. The molecule has 236 valence electrons. The molecule has 12 nitrogen and oxygen atoms in total. The minimum atomic E-state index is -3.90. The van der Waals surface area contributed by atoms with Gasteiger partial charge in [-0.15, -0.1) is 0 Å². The highest BCUT2D eigenvalue weighted by Gasteiger charge is 2.40. The van der Waals surface area contributed by atoms with Gasteiger partial charge in [0.15, 0.2) is 0 Å². The molecule has 0 aliphatic carbocycles. The number of pyridine rings is 1. The number of aromatic nitrogens is 3. The molecule has 0 bridgehead atoms. The zero-order chi connectivity index (χ0) is 31.4. The molecule has 0 unspecified atom stereocenters. The average molecular weight is 625 g/mol. The third-order valence-electron chi connectivity index (χ3n) is 8.73. The summed E-state index contributed by atoms with van der Waals surface area (Å²) in [6.07, 6.45) is 6.20. The van der Waals surface area contributed by atoms with E-state index in [1.165, 1.54) is 23.5 Å². The lowest BCUT2D eigenvalue weighted by atomic mass is 9.96. The van der Waals surface area contributed by atoms with Gasteiger partial charge in [-0.2, -0.15) is 4.31 Å². The number of hydrogen-bond acceptors (Lipinski definition) is 8. The van der Waals surface area contributed by atoms with E-state index in [4.69, 9.17) is 4.74 Å². The van der Waals surface area contributed by atoms with Crippen molar-refractivity contribution < 1.29 is 27.5 Å². The van der Waals surface area contributed by atoms with Crippen LogP contribution in [-0.4, -0.2) is 88.8 Å². The van der Waals surface area contributed by atoms with Crippen LogP contribution in [0.2, 0.25) is 0 Å². The highest BCUT2D eigenvalue weighted by molar-refractivity contribution is 7.89. The van der Waals surface area contributed by atoms with Crippen LogP contribution in [-0.2, 0) is 35.7 Å². The predicted molar refractivity (Wildman–Crippen MR) is 163 cm³/mol. The molecular formula is C31H40N6O6S. The van der Waals surface area contributed by atoms with Crippen molar-refractivity contribution in [2.75, 3.05) is 26.7 Å². The van der Waals surface area contributed by atoms with Crippen LogP contribution in [0.3, 0.4) is 0 Å². The van der Waals surface area contributed by atoms with Gasteiger partial charge in [0.25, 0.3) is 0 Å². The fourth-order valence-corrected chi connectivity index (χ4v) is 7.83. The van der Waals surface area contributed by atoms with E-state index in [9.17, 15) is 22.8 Å². The summed E-state index contributed by atoms with van der Waals surface area (Å²) in [5.41, 5.74) is 2.86. The molecular weight excluding hydrogens is 584 g/mol. The zero-order valence-electron chi connectivity index (χ0n) is 25.4. The van der Waals surface area contributed by atoms with Gasteiger partial charge >= 0.3 is 5.97 Å². The molecule has 2 aromatic heterocycles. The van der Waals surface area contributed by atoms with E-state index in [0.29, 0.717) is 31.8 Å². The number of hydrogen-bond donors (Lipinski definition) is 1. The molecule has 2 fully saturated rings. The maximum Gasteiger partial charge on any atom is 0.328 e. The molecule has 2 aliphatic heterocycles. The molecule has 2 saturated heterocycles. The Hall–Kier alpha value is -3.84. The van der Waals surface area contributed by atoms with E-state index in [2.05, 4.69) is 19.9 Å². The molecule has 3 aromatic rings. The van der Waals surface area contributed by atoms with Gasteiger partial charge < -0.3 is 19.5 Å². The number of aryl methyl sites for hydroxylation is 2. The first-order valence-corrected chi connectivity index (χ1v) is 16.5. The van der Waals surface area contributed by atoms with Crippen molar-refractivity contribution in [3.05, 3.63) is 54.1 Å². The lowest BCUT2D eigenvalue weighted by molar-refractivity contribution is -0.146. The molecule has 0 spiro atoms. The van der Waals surface area contributed by atoms with Gasteiger partial charge in [-0.05, 0) is 70.1 Å². The largest absolute Gasteiger partial charge is 0.467 e. The molecule has 2 atom stereocenters. The van der Waals surface area contributed by atoms with E-state index < -0.39 is 34.0 Å². The number of methoxy groups -OCH3 is 1. The Kier molecular flexibility index (Phi) is 9.64. The first-order valence-electron chi connectivity index (χ1n) is 15.1. The quantitative estimate of drug-likeness (QED) is 0.339. The Bertz CT molecular complexity index is 1610. The molecule has 0 saturated carbocycles. The van der Waals surface area contributed by atoms with Crippen LogP contribution in [0.1, 0.15) is 49.9 Å². The summed E-state index contributed by atoms with van der Waals surface area (Å²) in [6, 6.07) is 6.44. The van der Waals surface area contributed by atoms with Crippen LogP contribution in [0.25, 0.3) is 11.0 Å². The van der Waals surface area contributed by atoms with Crippen LogP contribution in [0.15, 0.2) is 47.6 Å². The van der Waals surface area contributed by atoms with Crippen LogP contribution >= 0.6 is 0 Å². The standard InChI is InChI=1S/C31H40N6O6S/c1-21-6-8-24(9-7-21)44(41,42)37-16-4-5-28(37)30(39)34-25(31(40)43-3)10-11-29(38)35-17-13-23(14-18-35)20-36-22(2)33-26-19-32-15-12-27(26)36/h6-9,12,15,19,23,25,28H,4-5,10-11,13-14,16-18,20H2,1-3H3,(H,34,39)/t25-,28-/m0/s1. The van der Waals surface area contributed by atoms with E-state index in [1.54, 1.807) is 24.5 Å². The van der Waals surface area contributed by atoms with Crippen LogP contribution in [0.5, 0.6) is 0 Å². The van der Waals surface area contributed by atoms with E-state index >= 15 is 0 Å².